The Balaban J connectivity index is 2.91. The van der Waals surface area contributed by atoms with Crippen LogP contribution in [-0.2, 0) is 6.54 Å². The summed E-state index contributed by atoms with van der Waals surface area (Å²) in [4.78, 5) is 0. The van der Waals surface area contributed by atoms with Gasteiger partial charge in [0.25, 0.3) is 0 Å². The largest absolute Gasteiger partial charge is 0.409 e. The van der Waals surface area contributed by atoms with Gasteiger partial charge in [0.2, 0.25) is 0 Å². The summed E-state index contributed by atoms with van der Waals surface area (Å²) in [7, 11) is 0. The predicted octanol–water partition coefficient (Wildman–Crippen LogP) is 2.90. The normalized spacial score (nSPS) is 13.9. The summed E-state index contributed by atoms with van der Waals surface area (Å²) in [6.45, 7) is 4.58. The molecule has 0 amide bonds. The zero-order chi connectivity index (χ0) is 12.9. The van der Waals surface area contributed by atoms with E-state index in [1.54, 1.807) is 0 Å². The van der Waals surface area contributed by atoms with E-state index in [2.05, 4.69) is 10.4 Å². The van der Waals surface area contributed by atoms with Crippen molar-refractivity contribution in [1.82, 2.24) is 15.1 Å². The van der Waals surface area contributed by atoms with Crippen LogP contribution < -0.4 is 5.32 Å². The number of aryl methyl sites for hydroxylation is 1. The average Bonchev–Trinajstić information content (AvgIpc) is 2.66. The Labute approximate surface area is 99.0 Å². The first-order valence-electron chi connectivity index (χ1n) is 5.82. The highest BCUT2D eigenvalue weighted by Crippen LogP contribution is 2.32. The Morgan fingerprint density at radius 1 is 1.35 bits per heavy atom. The SMILES string of the molecule is CCCNC(c1ccnn1CCC)C(F)(F)F. The van der Waals surface area contributed by atoms with Crippen LogP contribution in [0.4, 0.5) is 13.2 Å². The summed E-state index contributed by atoms with van der Waals surface area (Å²) in [6.07, 6.45) is -1.46. The van der Waals surface area contributed by atoms with Crippen molar-refractivity contribution in [2.24, 2.45) is 0 Å². The Morgan fingerprint density at radius 3 is 2.59 bits per heavy atom. The number of rotatable bonds is 6. The van der Waals surface area contributed by atoms with Gasteiger partial charge in [-0.25, -0.2) is 0 Å². The van der Waals surface area contributed by atoms with E-state index in [-0.39, 0.29) is 5.69 Å². The monoisotopic (exact) mass is 249 g/mol. The van der Waals surface area contributed by atoms with Crippen molar-refractivity contribution >= 4 is 0 Å². The number of aromatic nitrogens is 2. The van der Waals surface area contributed by atoms with Crippen molar-refractivity contribution in [3.8, 4) is 0 Å². The van der Waals surface area contributed by atoms with Crippen LogP contribution >= 0.6 is 0 Å². The van der Waals surface area contributed by atoms with Crippen LogP contribution in [0.2, 0.25) is 0 Å². The van der Waals surface area contributed by atoms with Crippen LogP contribution in [0.5, 0.6) is 0 Å². The summed E-state index contributed by atoms with van der Waals surface area (Å²) in [5, 5.41) is 6.45. The van der Waals surface area contributed by atoms with Crippen molar-refractivity contribution in [1.29, 1.82) is 0 Å². The van der Waals surface area contributed by atoms with Crippen LogP contribution in [0, 0.1) is 0 Å². The van der Waals surface area contributed by atoms with E-state index < -0.39 is 12.2 Å². The smallest absolute Gasteiger partial charge is 0.301 e. The van der Waals surface area contributed by atoms with E-state index in [1.807, 2.05) is 13.8 Å². The van der Waals surface area contributed by atoms with E-state index in [9.17, 15) is 13.2 Å². The summed E-state index contributed by atoms with van der Waals surface area (Å²) < 4.78 is 40.2. The quantitative estimate of drug-likeness (QED) is 0.840. The molecule has 0 saturated carbocycles. The lowest BCUT2D eigenvalue weighted by Gasteiger charge is -2.22. The summed E-state index contributed by atoms with van der Waals surface area (Å²) >= 11 is 0. The van der Waals surface area contributed by atoms with Gasteiger partial charge in [-0.15, -0.1) is 0 Å². The molecule has 1 N–H and O–H groups in total. The van der Waals surface area contributed by atoms with Crippen molar-refractivity contribution in [2.45, 2.75) is 45.5 Å². The Kier molecular flexibility index (Phi) is 4.99. The van der Waals surface area contributed by atoms with Gasteiger partial charge < -0.3 is 5.32 Å². The topological polar surface area (TPSA) is 29.9 Å². The third-order valence-electron chi connectivity index (χ3n) is 2.41. The summed E-state index contributed by atoms with van der Waals surface area (Å²) in [6, 6.07) is -0.201. The van der Waals surface area contributed by atoms with Gasteiger partial charge >= 0.3 is 6.18 Å². The molecule has 1 aromatic heterocycles. The summed E-state index contributed by atoms with van der Waals surface area (Å²) in [5.74, 6) is 0. The molecule has 0 radical (unpaired) electrons. The highest BCUT2D eigenvalue weighted by Gasteiger charge is 2.42. The molecule has 3 nitrogen and oxygen atoms in total. The predicted molar refractivity (Wildman–Crippen MR) is 59.6 cm³/mol. The highest BCUT2D eigenvalue weighted by atomic mass is 19.4. The van der Waals surface area contributed by atoms with Gasteiger partial charge in [-0.3, -0.25) is 4.68 Å². The standard InChI is InChI=1S/C11H18F3N3/c1-3-6-15-10(11(12,13)14)9-5-7-16-17(9)8-4-2/h5,7,10,15H,3-4,6,8H2,1-2H3. The fraction of sp³-hybridized carbons (Fsp3) is 0.727. The minimum atomic E-state index is -4.29. The molecule has 0 aromatic carbocycles. The number of halogens is 3. The molecular formula is C11H18F3N3. The van der Waals surface area contributed by atoms with E-state index in [0.717, 1.165) is 6.42 Å². The lowest BCUT2D eigenvalue weighted by molar-refractivity contribution is -0.159. The number of hydrogen-bond acceptors (Lipinski definition) is 2. The van der Waals surface area contributed by atoms with E-state index >= 15 is 0 Å². The van der Waals surface area contributed by atoms with Crippen molar-refractivity contribution in [3.63, 3.8) is 0 Å². The maximum atomic E-state index is 12.9. The molecule has 0 spiro atoms. The molecule has 1 heterocycles. The molecule has 0 aliphatic carbocycles. The van der Waals surface area contributed by atoms with Gasteiger partial charge in [-0.05, 0) is 25.5 Å². The fourth-order valence-electron chi connectivity index (χ4n) is 1.66. The Bertz CT molecular complexity index is 333. The van der Waals surface area contributed by atoms with Crippen molar-refractivity contribution in [3.05, 3.63) is 18.0 Å². The van der Waals surface area contributed by atoms with Gasteiger partial charge in [-0.2, -0.15) is 18.3 Å². The molecule has 1 atom stereocenters. The number of alkyl halides is 3. The number of nitrogens with zero attached hydrogens (tertiary/aromatic N) is 2. The van der Waals surface area contributed by atoms with Gasteiger partial charge in [-0.1, -0.05) is 13.8 Å². The first-order chi connectivity index (χ1) is 8.00. The highest BCUT2D eigenvalue weighted by molar-refractivity contribution is 5.09. The van der Waals surface area contributed by atoms with Crippen molar-refractivity contribution in [2.75, 3.05) is 6.54 Å². The van der Waals surface area contributed by atoms with Gasteiger partial charge in [0.1, 0.15) is 6.04 Å². The van der Waals surface area contributed by atoms with E-state index in [1.165, 1.54) is 16.9 Å². The van der Waals surface area contributed by atoms with Gasteiger partial charge in [0, 0.05) is 12.7 Å². The molecule has 98 valence electrons. The molecule has 0 saturated heterocycles. The van der Waals surface area contributed by atoms with Gasteiger partial charge in [0.15, 0.2) is 0 Å². The first-order valence-corrected chi connectivity index (χ1v) is 5.82. The zero-order valence-corrected chi connectivity index (χ0v) is 10.1. The second kappa shape index (κ2) is 6.05. The molecular weight excluding hydrogens is 231 g/mol. The average molecular weight is 249 g/mol. The first kappa shape index (κ1) is 14.0. The third-order valence-corrected chi connectivity index (χ3v) is 2.41. The molecule has 6 heteroatoms. The minimum absolute atomic E-state index is 0.188. The zero-order valence-electron chi connectivity index (χ0n) is 10.1. The van der Waals surface area contributed by atoms with Crippen LogP contribution in [0.15, 0.2) is 12.3 Å². The molecule has 0 bridgehead atoms. The van der Waals surface area contributed by atoms with Crippen molar-refractivity contribution < 1.29 is 13.2 Å². The molecule has 17 heavy (non-hydrogen) atoms. The Hall–Kier alpha value is -1.04. The maximum Gasteiger partial charge on any atom is 0.409 e. The third kappa shape index (κ3) is 3.73. The van der Waals surface area contributed by atoms with Gasteiger partial charge in [0.05, 0.1) is 5.69 Å². The van der Waals surface area contributed by atoms with E-state index in [0.29, 0.717) is 19.5 Å². The molecule has 1 aromatic rings. The van der Waals surface area contributed by atoms with Crippen LogP contribution in [0.1, 0.15) is 38.4 Å². The second-order valence-electron chi connectivity index (χ2n) is 3.91. The van der Waals surface area contributed by atoms with Crippen LogP contribution in [-0.4, -0.2) is 22.5 Å². The number of hydrogen-bond donors (Lipinski definition) is 1. The molecule has 0 fully saturated rings. The second-order valence-corrected chi connectivity index (χ2v) is 3.91. The lowest BCUT2D eigenvalue weighted by Crippen LogP contribution is -2.36. The van der Waals surface area contributed by atoms with Crippen LogP contribution in [0.25, 0.3) is 0 Å². The minimum Gasteiger partial charge on any atom is -0.301 e. The number of nitrogens with one attached hydrogen (secondary N) is 1. The Morgan fingerprint density at radius 2 is 2.06 bits per heavy atom. The molecule has 1 unspecified atom stereocenters. The lowest BCUT2D eigenvalue weighted by atomic mass is 10.2. The van der Waals surface area contributed by atoms with Crippen LogP contribution in [0.3, 0.4) is 0 Å². The molecule has 1 rings (SSSR count). The molecule has 0 aliphatic rings. The fourth-order valence-corrected chi connectivity index (χ4v) is 1.66. The maximum absolute atomic E-state index is 12.9. The molecule has 0 aliphatic heterocycles. The van der Waals surface area contributed by atoms with E-state index in [4.69, 9.17) is 0 Å². The summed E-state index contributed by atoms with van der Waals surface area (Å²) in [5.41, 5.74) is 0.188.